The van der Waals surface area contributed by atoms with Crippen LogP contribution in [0.5, 0.6) is 0 Å². The van der Waals surface area contributed by atoms with Gasteiger partial charge in [0.1, 0.15) is 0 Å². The summed E-state index contributed by atoms with van der Waals surface area (Å²) in [4.78, 5) is 2.38. The van der Waals surface area contributed by atoms with Gasteiger partial charge in [0.05, 0.1) is 19.3 Å². The zero-order chi connectivity index (χ0) is 10.4. The summed E-state index contributed by atoms with van der Waals surface area (Å²) in [6.07, 6.45) is -0.278. The van der Waals surface area contributed by atoms with E-state index in [1.807, 2.05) is 13.8 Å². The van der Waals surface area contributed by atoms with E-state index in [0.717, 1.165) is 39.4 Å². The number of hydrogen-bond donors (Lipinski definition) is 2. The Hall–Kier alpha value is -0.160. The maximum atomic E-state index is 9.26. The van der Waals surface area contributed by atoms with E-state index in [4.69, 9.17) is 4.74 Å². The van der Waals surface area contributed by atoms with Crippen molar-refractivity contribution in [2.45, 2.75) is 26.0 Å². The van der Waals surface area contributed by atoms with Crippen molar-refractivity contribution in [3.8, 4) is 0 Å². The van der Waals surface area contributed by atoms with Crippen molar-refractivity contribution in [2.24, 2.45) is 0 Å². The van der Waals surface area contributed by atoms with Gasteiger partial charge in [0.25, 0.3) is 0 Å². The molecule has 0 aromatic carbocycles. The predicted molar refractivity (Wildman–Crippen MR) is 56.4 cm³/mol. The number of aliphatic hydroxyl groups excluding tert-OH is 1. The Morgan fingerprint density at radius 1 is 1.36 bits per heavy atom. The van der Waals surface area contributed by atoms with Gasteiger partial charge >= 0.3 is 0 Å². The molecule has 0 aromatic heterocycles. The second-order valence-electron chi connectivity index (χ2n) is 3.94. The highest BCUT2D eigenvalue weighted by Crippen LogP contribution is 1.95. The topological polar surface area (TPSA) is 44.7 Å². The lowest BCUT2D eigenvalue weighted by Gasteiger charge is -2.27. The molecule has 2 atom stereocenters. The highest BCUT2D eigenvalue weighted by Gasteiger charge is 2.11. The van der Waals surface area contributed by atoms with Gasteiger partial charge in [-0.3, -0.25) is 4.90 Å². The van der Waals surface area contributed by atoms with Crippen LogP contribution in [0.2, 0.25) is 0 Å². The Balaban J connectivity index is 2.02. The van der Waals surface area contributed by atoms with Crippen LogP contribution in [-0.4, -0.2) is 61.5 Å². The van der Waals surface area contributed by atoms with Crippen LogP contribution in [0.1, 0.15) is 13.8 Å². The van der Waals surface area contributed by atoms with Crippen LogP contribution < -0.4 is 5.32 Å². The lowest BCUT2D eigenvalue weighted by atomic mass is 10.2. The van der Waals surface area contributed by atoms with Gasteiger partial charge in [0, 0.05) is 32.2 Å². The first-order valence-corrected chi connectivity index (χ1v) is 5.41. The number of nitrogens with one attached hydrogen (secondary N) is 1. The van der Waals surface area contributed by atoms with Crippen LogP contribution in [0.25, 0.3) is 0 Å². The molecule has 0 bridgehead atoms. The molecule has 4 heteroatoms. The normalized spacial score (nSPS) is 23.4. The minimum Gasteiger partial charge on any atom is -0.392 e. The number of aliphatic hydroxyl groups is 1. The summed E-state index contributed by atoms with van der Waals surface area (Å²) < 4.78 is 5.26. The van der Waals surface area contributed by atoms with Crippen molar-refractivity contribution in [1.29, 1.82) is 0 Å². The molecule has 2 N–H and O–H groups in total. The molecule has 0 radical (unpaired) electrons. The van der Waals surface area contributed by atoms with Crippen molar-refractivity contribution < 1.29 is 9.84 Å². The Morgan fingerprint density at radius 3 is 2.57 bits per heavy atom. The average Bonchev–Trinajstić information content (AvgIpc) is 2.19. The van der Waals surface area contributed by atoms with E-state index in [0.29, 0.717) is 0 Å². The molecule has 0 saturated carbocycles. The number of rotatable bonds is 5. The lowest BCUT2D eigenvalue weighted by molar-refractivity contribution is 0.0374. The second-order valence-corrected chi connectivity index (χ2v) is 3.94. The third-order valence-corrected chi connectivity index (χ3v) is 2.72. The highest BCUT2D eigenvalue weighted by atomic mass is 16.5. The molecule has 0 spiro atoms. The van der Waals surface area contributed by atoms with Gasteiger partial charge in [-0.15, -0.1) is 0 Å². The van der Waals surface area contributed by atoms with Crippen LogP contribution in [0.15, 0.2) is 0 Å². The van der Waals surface area contributed by atoms with Gasteiger partial charge in [-0.1, -0.05) is 0 Å². The maximum absolute atomic E-state index is 9.26. The fourth-order valence-corrected chi connectivity index (χ4v) is 1.45. The number of hydrogen-bond acceptors (Lipinski definition) is 4. The molecule has 0 amide bonds. The van der Waals surface area contributed by atoms with E-state index in [1.165, 1.54) is 0 Å². The summed E-state index contributed by atoms with van der Waals surface area (Å²) in [6, 6.07) is 0.177. The van der Waals surface area contributed by atoms with E-state index in [-0.39, 0.29) is 12.1 Å². The fourth-order valence-electron chi connectivity index (χ4n) is 1.45. The van der Waals surface area contributed by atoms with E-state index < -0.39 is 0 Å². The smallest absolute Gasteiger partial charge is 0.0662 e. The van der Waals surface area contributed by atoms with Crippen molar-refractivity contribution in [1.82, 2.24) is 10.2 Å². The zero-order valence-electron chi connectivity index (χ0n) is 9.20. The van der Waals surface area contributed by atoms with Gasteiger partial charge in [-0.25, -0.2) is 0 Å². The number of nitrogens with zero attached hydrogens (tertiary/aromatic N) is 1. The first kappa shape index (κ1) is 11.9. The number of ether oxygens (including phenoxy) is 1. The zero-order valence-corrected chi connectivity index (χ0v) is 9.20. The molecule has 0 aromatic rings. The van der Waals surface area contributed by atoms with Crippen LogP contribution in [0, 0.1) is 0 Å². The summed E-state index contributed by atoms with van der Waals surface area (Å²) in [5.74, 6) is 0. The Kier molecular flexibility index (Phi) is 5.40. The Morgan fingerprint density at radius 2 is 2.00 bits per heavy atom. The molecule has 4 nitrogen and oxygen atoms in total. The molecule has 1 aliphatic heterocycles. The van der Waals surface area contributed by atoms with Crippen LogP contribution in [0.4, 0.5) is 0 Å². The quantitative estimate of drug-likeness (QED) is 0.641. The van der Waals surface area contributed by atoms with Crippen LogP contribution in [-0.2, 0) is 4.74 Å². The molecule has 14 heavy (non-hydrogen) atoms. The second kappa shape index (κ2) is 6.35. The molecule has 1 saturated heterocycles. The van der Waals surface area contributed by atoms with Gasteiger partial charge < -0.3 is 15.2 Å². The van der Waals surface area contributed by atoms with Gasteiger partial charge in [0.15, 0.2) is 0 Å². The summed E-state index contributed by atoms with van der Waals surface area (Å²) in [5.41, 5.74) is 0. The molecule has 1 fully saturated rings. The SMILES string of the molecule is CC(O)C(C)NCCN1CCOCC1. The molecular weight excluding hydrogens is 180 g/mol. The summed E-state index contributed by atoms with van der Waals surface area (Å²) in [5, 5.41) is 12.6. The van der Waals surface area contributed by atoms with Crippen molar-refractivity contribution in [2.75, 3.05) is 39.4 Å². The first-order valence-electron chi connectivity index (χ1n) is 5.41. The third-order valence-electron chi connectivity index (χ3n) is 2.72. The maximum Gasteiger partial charge on any atom is 0.0662 e. The average molecular weight is 202 g/mol. The summed E-state index contributed by atoms with van der Waals surface area (Å²) in [6.45, 7) is 9.57. The standard InChI is InChI=1S/C10H22N2O2/c1-9(10(2)13)11-3-4-12-5-7-14-8-6-12/h9-11,13H,3-8H2,1-2H3. The fraction of sp³-hybridized carbons (Fsp3) is 1.00. The molecule has 0 aliphatic carbocycles. The minimum absolute atomic E-state index is 0.177. The number of morpholine rings is 1. The molecule has 1 rings (SSSR count). The van der Waals surface area contributed by atoms with Gasteiger partial charge in [-0.05, 0) is 13.8 Å². The van der Waals surface area contributed by atoms with E-state index in [9.17, 15) is 5.11 Å². The van der Waals surface area contributed by atoms with E-state index in [2.05, 4.69) is 10.2 Å². The van der Waals surface area contributed by atoms with Gasteiger partial charge in [0.2, 0.25) is 0 Å². The Bertz CT molecular complexity index is 147. The van der Waals surface area contributed by atoms with E-state index in [1.54, 1.807) is 0 Å². The molecule has 1 heterocycles. The van der Waals surface area contributed by atoms with Crippen molar-refractivity contribution >= 4 is 0 Å². The molecular formula is C10H22N2O2. The minimum atomic E-state index is -0.278. The molecule has 1 aliphatic rings. The van der Waals surface area contributed by atoms with Gasteiger partial charge in [-0.2, -0.15) is 0 Å². The van der Waals surface area contributed by atoms with Crippen molar-refractivity contribution in [3.05, 3.63) is 0 Å². The van der Waals surface area contributed by atoms with Crippen molar-refractivity contribution in [3.63, 3.8) is 0 Å². The Labute approximate surface area is 86.2 Å². The molecule has 2 unspecified atom stereocenters. The lowest BCUT2D eigenvalue weighted by Crippen LogP contribution is -2.43. The van der Waals surface area contributed by atoms with Crippen LogP contribution in [0.3, 0.4) is 0 Å². The predicted octanol–water partition coefficient (Wildman–Crippen LogP) is -0.322. The largest absolute Gasteiger partial charge is 0.392 e. The first-order chi connectivity index (χ1) is 6.70. The van der Waals surface area contributed by atoms with Crippen LogP contribution >= 0.6 is 0 Å². The highest BCUT2D eigenvalue weighted by molar-refractivity contribution is 4.69. The monoisotopic (exact) mass is 202 g/mol. The molecule has 84 valence electrons. The summed E-state index contributed by atoms with van der Waals surface area (Å²) in [7, 11) is 0. The van der Waals surface area contributed by atoms with E-state index >= 15 is 0 Å². The third kappa shape index (κ3) is 4.37. The summed E-state index contributed by atoms with van der Waals surface area (Å²) >= 11 is 0.